The van der Waals surface area contributed by atoms with Crippen LogP contribution in [0, 0.1) is 25.2 Å². The summed E-state index contributed by atoms with van der Waals surface area (Å²) < 4.78 is 5.33. The molecule has 0 heterocycles. The lowest BCUT2D eigenvalue weighted by Gasteiger charge is -2.28. The minimum Gasteiger partial charge on any atom is -0.455 e. The maximum atomic E-state index is 12.5. The third-order valence-corrected chi connectivity index (χ3v) is 6.29. The lowest BCUT2D eigenvalue weighted by molar-refractivity contribution is -0.157. The van der Waals surface area contributed by atoms with Crippen LogP contribution in [0.15, 0.2) is 18.2 Å². The number of rotatable bonds is 4. The number of nitrogens with one attached hydrogen (secondary N) is 1. The van der Waals surface area contributed by atoms with Gasteiger partial charge in [0, 0.05) is 10.5 Å². The number of carbonyl (C=O) groups is 2. The van der Waals surface area contributed by atoms with Crippen molar-refractivity contribution in [1.82, 2.24) is 0 Å². The number of esters is 1. The van der Waals surface area contributed by atoms with E-state index < -0.39 is 5.41 Å². The van der Waals surface area contributed by atoms with Gasteiger partial charge in [-0.3, -0.25) is 9.59 Å². The molecule has 1 aromatic rings. The molecule has 0 unspecified atom stereocenters. The van der Waals surface area contributed by atoms with E-state index in [2.05, 4.69) is 21.2 Å². The second-order valence-electron chi connectivity index (χ2n) is 6.97. The quantitative estimate of drug-likeness (QED) is 0.640. The molecule has 1 amide bonds. The van der Waals surface area contributed by atoms with E-state index in [1.807, 2.05) is 32.0 Å². The first-order valence-electron chi connectivity index (χ1n) is 8.08. The molecule has 2 saturated carbocycles. The highest BCUT2D eigenvalue weighted by molar-refractivity contribution is 9.09. The molecule has 0 radical (unpaired) electrons. The smallest absolute Gasteiger partial charge is 0.313 e. The summed E-state index contributed by atoms with van der Waals surface area (Å²) in [6, 6.07) is 5.85. The van der Waals surface area contributed by atoms with Crippen LogP contribution in [0.4, 0.5) is 5.69 Å². The molecule has 3 atom stereocenters. The second-order valence-corrected chi connectivity index (χ2v) is 8.07. The fraction of sp³-hybridized carbons (Fsp3) is 0.556. The van der Waals surface area contributed by atoms with E-state index in [0.717, 1.165) is 42.5 Å². The topological polar surface area (TPSA) is 55.4 Å². The van der Waals surface area contributed by atoms with E-state index in [0.29, 0.717) is 5.92 Å². The number of carbonyl (C=O) groups excluding carboxylic acids is 2. The summed E-state index contributed by atoms with van der Waals surface area (Å²) in [5.41, 5.74) is 2.50. The third-order valence-electron chi connectivity index (χ3n) is 5.04. The summed E-state index contributed by atoms with van der Waals surface area (Å²) in [5, 5.41) is 2.79. The lowest BCUT2D eigenvalue weighted by Crippen LogP contribution is -2.37. The molecule has 124 valence electrons. The number of amides is 1. The summed E-state index contributed by atoms with van der Waals surface area (Å²) in [4.78, 5) is 24.7. The number of benzene rings is 1. The Balaban J connectivity index is 1.56. The van der Waals surface area contributed by atoms with Crippen molar-refractivity contribution >= 4 is 33.5 Å². The number of hydrogen-bond donors (Lipinski definition) is 1. The highest BCUT2D eigenvalue weighted by atomic mass is 79.9. The zero-order valence-electron chi connectivity index (χ0n) is 13.5. The maximum Gasteiger partial charge on any atom is 0.313 e. The number of ether oxygens (including phenoxy) is 1. The van der Waals surface area contributed by atoms with Gasteiger partial charge in [-0.05, 0) is 68.7 Å². The molecule has 3 rings (SSSR count). The fourth-order valence-electron chi connectivity index (χ4n) is 4.02. The van der Waals surface area contributed by atoms with Crippen LogP contribution in [0.1, 0.15) is 36.8 Å². The van der Waals surface area contributed by atoms with E-state index >= 15 is 0 Å². The van der Waals surface area contributed by atoms with Crippen molar-refractivity contribution in [2.45, 2.75) is 44.4 Å². The first-order chi connectivity index (χ1) is 10.9. The molecular formula is C18H22BrNO3. The predicted molar refractivity (Wildman–Crippen MR) is 92.6 cm³/mol. The Labute approximate surface area is 145 Å². The van der Waals surface area contributed by atoms with Gasteiger partial charge >= 0.3 is 5.97 Å². The molecule has 0 saturated heterocycles. The molecule has 0 aliphatic heterocycles. The zero-order valence-corrected chi connectivity index (χ0v) is 15.1. The van der Waals surface area contributed by atoms with Crippen molar-refractivity contribution in [3.05, 3.63) is 29.3 Å². The van der Waals surface area contributed by atoms with E-state index in [1.165, 1.54) is 0 Å². The van der Waals surface area contributed by atoms with Crippen LogP contribution in [0.2, 0.25) is 0 Å². The molecule has 4 nitrogen and oxygen atoms in total. The number of fused-ring (bicyclic) bond motifs is 2. The highest BCUT2D eigenvalue weighted by Crippen LogP contribution is 2.57. The van der Waals surface area contributed by atoms with Gasteiger partial charge in [0.1, 0.15) is 0 Å². The van der Waals surface area contributed by atoms with Gasteiger partial charge in [0.25, 0.3) is 5.91 Å². The van der Waals surface area contributed by atoms with Gasteiger partial charge in [0.15, 0.2) is 6.61 Å². The van der Waals surface area contributed by atoms with Crippen LogP contribution in [-0.2, 0) is 14.3 Å². The van der Waals surface area contributed by atoms with Crippen LogP contribution in [0.25, 0.3) is 0 Å². The monoisotopic (exact) mass is 379 g/mol. The van der Waals surface area contributed by atoms with Crippen molar-refractivity contribution in [3.63, 3.8) is 0 Å². The average Bonchev–Trinajstić information content (AvgIpc) is 3.02. The van der Waals surface area contributed by atoms with Crippen LogP contribution in [0.5, 0.6) is 0 Å². The first kappa shape index (κ1) is 16.5. The molecule has 23 heavy (non-hydrogen) atoms. The normalized spacial score (nSPS) is 28.7. The summed E-state index contributed by atoms with van der Waals surface area (Å²) in [6.07, 6.45) is 3.88. The average molecular weight is 380 g/mol. The number of alkyl halides is 1. The van der Waals surface area contributed by atoms with Crippen molar-refractivity contribution in [2.24, 2.45) is 11.3 Å². The predicted octanol–water partition coefficient (Wildman–Crippen LogP) is 3.74. The Kier molecular flexibility index (Phi) is 4.50. The van der Waals surface area contributed by atoms with E-state index in [-0.39, 0.29) is 23.3 Å². The third kappa shape index (κ3) is 3.30. The molecule has 2 bridgehead atoms. The highest BCUT2D eigenvalue weighted by Gasteiger charge is 2.56. The largest absolute Gasteiger partial charge is 0.455 e. The molecule has 2 aliphatic rings. The minimum atomic E-state index is -0.412. The van der Waals surface area contributed by atoms with E-state index in [1.54, 1.807) is 0 Å². The molecule has 0 spiro atoms. The molecule has 5 heteroatoms. The van der Waals surface area contributed by atoms with Crippen molar-refractivity contribution < 1.29 is 14.3 Å². The number of hydrogen-bond acceptors (Lipinski definition) is 3. The summed E-state index contributed by atoms with van der Waals surface area (Å²) in [5.74, 6) is 0.101. The SMILES string of the molecule is Cc1cc(C)cc(NC(=O)COC(=O)[C@@]23CC[C@@H](C[C@H]2Br)C3)c1. The summed E-state index contributed by atoms with van der Waals surface area (Å²) in [7, 11) is 0. The van der Waals surface area contributed by atoms with Gasteiger partial charge < -0.3 is 10.1 Å². The Morgan fingerprint density at radius 1 is 1.30 bits per heavy atom. The zero-order chi connectivity index (χ0) is 16.6. The minimum absolute atomic E-state index is 0.184. The van der Waals surface area contributed by atoms with E-state index in [4.69, 9.17) is 4.74 Å². The Morgan fingerprint density at radius 3 is 2.57 bits per heavy atom. The Hall–Kier alpha value is -1.36. The number of anilines is 1. The fourth-order valence-corrected chi connectivity index (χ4v) is 5.15. The molecular weight excluding hydrogens is 358 g/mol. The van der Waals surface area contributed by atoms with Gasteiger partial charge in [0.2, 0.25) is 0 Å². The lowest BCUT2D eigenvalue weighted by atomic mass is 9.84. The molecule has 2 aliphatic carbocycles. The van der Waals surface area contributed by atoms with Crippen molar-refractivity contribution in [1.29, 1.82) is 0 Å². The molecule has 1 N–H and O–H groups in total. The molecule has 2 fully saturated rings. The van der Waals surface area contributed by atoms with Gasteiger partial charge in [-0.1, -0.05) is 22.0 Å². The number of halogens is 1. The van der Waals surface area contributed by atoms with Gasteiger partial charge in [-0.15, -0.1) is 0 Å². The van der Waals surface area contributed by atoms with Crippen molar-refractivity contribution in [3.8, 4) is 0 Å². The molecule has 1 aromatic carbocycles. The van der Waals surface area contributed by atoms with Gasteiger partial charge in [-0.25, -0.2) is 0 Å². The number of aryl methyl sites for hydroxylation is 2. The van der Waals surface area contributed by atoms with Crippen LogP contribution >= 0.6 is 15.9 Å². The Bertz CT molecular complexity index is 625. The van der Waals surface area contributed by atoms with Crippen LogP contribution < -0.4 is 5.32 Å². The van der Waals surface area contributed by atoms with Crippen LogP contribution in [0.3, 0.4) is 0 Å². The van der Waals surface area contributed by atoms with Crippen molar-refractivity contribution in [2.75, 3.05) is 11.9 Å². The van der Waals surface area contributed by atoms with Crippen LogP contribution in [-0.4, -0.2) is 23.3 Å². The van der Waals surface area contributed by atoms with Gasteiger partial charge in [0.05, 0.1) is 5.41 Å². The standard InChI is InChI=1S/C18H22BrNO3/c1-11-5-12(2)7-14(6-11)20-16(21)10-23-17(22)18-4-3-13(9-18)8-15(18)19/h5-7,13,15H,3-4,8-10H2,1-2H3,(H,20,21)/t13-,15+,18+/m0/s1. The summed E-state index contributed by atoms with van der Waals surface area (Å²) >= 11 is 3.63. The van der Waals surface area contributed by atoms with E-state index in [9.17, 15) is 9.59 Å². The molecule has 0 aromatic heterocycles. The Morgan fingerprint density at radius 2 is 2.00 bits per heavy atom. The first-order valence-corrected chi connectivity index (χ1v) is 9.00. The second kappa shape index (κ2) is 6.27. The maximum absolute atomic E-state index is 12.5. The summed E-state index contributed by atoms with van der Waals surface area (Å²) in [6.45, 7) is 3.74. The van der Waals surface area contributed by atoms with Gasteiger partial charge in [-0.2, -0.15) is 0 Å².